The Balaban J connectivity index is 2.17. The molecule has 1 amide bonds. The van der Waals surface area contributed by atoms with Crippen molar-refractivity contribution in [3.8, 4) is 0 Å². The van der Waals surface area contributed by atoms with E-state index >= 15 is 0 Å². The molecule has 1 aromatic rings. The Hall–Kier alpha value is -1.66. The molecule has 0 unspecified atom stereocenters. The molecule has 0 bridgehead atoms. The van der Waals surface area contributed by atoms with E-state index in [2.05, 4.69) is 10.3 Å². The summed E-state index contributed by atoms with van der Waals surface area (Å²) in [5, 5.41) is 3.10. The molecule has 1 rings (SSSR count). The second kappa shape index (κ2) is 9.29. The summed E-state index contributed by atoms with van der Waals surface area (Å²) in [5.41, 5.74) is 5.68. The molecule has 0 aromatic carbocycles. The van der Waals surface area contributed by atoms with Crippen LogP contribution >= 0.6 is 0 Å². The zero-order chi connectivity index (χ0) is 13.9. The smallest absolute Gasteiger partial charge is 0.252 e. The van der Waals surface area contributed by atoms with Crippen LogP contribution in [0, 0.1) is 0 Å². The van der Waals surface area contributed by atoms with E-state index in [4.69, 9.17) is 15.2 Å². The third-order valence-corrected chi connectivity index (χ3v) is 2.51. The van der Waals surface area contributed by atoms with Crippen LogP contribution in [-0.4, -0.2) is 44.4 Å². The van der Waals surface area contributed by atoms with E-state index in [1.54, 1.807) is 25.4 Å². The summed E-state index contributed by atoms with van der Waals surface area (Å²) in [6.07, 6.45) is 3.50. The Morgan fingerprint density at radius 2 is 2.21 bits per heavy atom. The lowest BCUT2D eigenvalue weighted by Crippen LogP contribution is -2.16. The SMILES string of the molecule is COCCOCCCCNc1ncccc1C(N)=O. The number of nitrogens with zero attached hydrogens (tertiary/aromatic N) is 1. The number of hydrogen-bond acceptors (Lipinski definition) is 5. The molecule has 0 atom stereocenters. The van der Waals surface area contributed by atoms with Crippen molar-refractivity contribution in [2.24, 2.45) is 5.73 Å². The van der Waals surface area contributed by atoms with Crippen LogP contribution in [0.1, 0.15) is 23.2 Å². The number of aromatic nitrogens is 1. The average molecular weight is 267 g/mol. The van der Waals surface area contributed by atoms with E-state index in [1.807, 2.05) is 0 Å². The van der Waals surface area contributed by atoms with Crippen LogP contribution in [0.3, 0.4) is 0 Å². The van der Waals surface area contributed by atoms with E-state index in [1.165, 1.54) is 0 Å². The van der Waals surface area contributed by atoms with Gasteiger partial charge in [0.1, 0.15) is 5.82 Å². The third-order valence-electron chi connectivity index (χ3n) is 2.51. The molecule has 1 heterocycles. The number of anilines is 1. The number of unbranched alkanes of at least 4 members (excludes halogenated alkanes) is 1. The molecule has 0 aliphatic carbocycles. The van der Waals surface area contributed by atoms with Gasteiger partial charge in [0.05, 0.1) is 18.8 Å². The predicted molar refractivity (Wildman–Crippen MR) is 73.2 cm³/mol. The number of pyridine rings is 1. The highest BCUT2D eigenvalue weighted by atomic mass is 16.5. The molecule has 6 nitrogen and oxygen atoms in total. The van der Waals surface area contributed by atoms with E-state index in [-0.39, 0.29) is 0 Å². The number of hydrogen-bond donors (Lipinski definition) is 2. The molecule has 0 spiro atoms. The molecular weight excluding hydrogens is 246 g/mol. The molecule has 0 saturated heterocycles. The molecule has 3 N–H and O–H groups in total. The van der Waals surface area contributed by atoms with Gasteiger partial charge in [-0.1, -0.05) is 0 Å². The van der Waals surface area contributed by atoms with Crippen molar-refractivity contribution >= 4 is 11.7 Å². The van der Waals surface area contributed by atoms with E-state index in [0.29, 0.717) is 31.2 Å². The summed E-state index contributed by atoms with van der Waals surface area (Å²) in [6.45, 7) is 2.67. The Morgan fingerprint density at radius 1 is 1.37 bits per heavy atom. The summed E-state index contributed by atoms with van der Waals surface area (Å²) in [7, 11) is 1.65. The highest BCUT2D eigenvalue weighted by Gasteiger charge is 2.07. The number of primary amides is 1. The summed E-state index contributed by atoms with van der Waals surface area (Å²) in [6, 6.07) is 3.35. The molecular formula is C13H21N3O3. The Bertz CT molecular complexity index is 385. The van der Waals surface area contributed by atoms with Crippen molar-refractivity contribution in [3.63, 3.8) is 0 Å². The Morgan fingerprint density at radius 3 is 2.95 bits per heavy atom. The fourth-order valence-corrected chi connectivity index (χ4v) is 1.53. The van der Waals surface area contributed by atoms with Gasteiger partial charge in [0.15, 0.2) is 0 Å². The lowest BCUT2D eigenvalue weighted by atomic mass is 10.2. The lowest BCUT2D eigenvalue weighted by Gasteiger charge is -2.08. The minimum Gasteiger partial charge on any atom is -0.382 e. The van der Waals surface area contributed by atoms with Gasteiger partial charge >= 0.3 is 0 Å². The summed E-state index contributed by atoms with van der Waals surface area (Å²) >= 11 is 0. The van der Waals surface area contributed by atoms with Gasteiger partial charge in [0.25, 0.3) is 5.91 Å². The maximum atomic E-state index is 11.2. The molecule has 1 aromatic heterocycles. The van der Waals surface area contributed by atoms with Gasteiger partial charge in [0, 0.05) is 26.5 Å². The molecule has 0 aliphatic heterocycles. The van der Waals surface area contributed by atoms with Crippen LogP contribution < -0.4 is 11.1 Å². The van der Waals surface area contributed by atoms with Crippen LogP contribution in [0.4, 0.5) is 5.82 Å². The highest BCUT2D eigenvalue weighted by molar-refractivity contribution is 5.97. The minimum absolute atomic E-state index is 0.416. The second-order valence-electron chi connectivity index (χ2n) is 4.00. The van der Waals surface area contributed by atoms with E-state index in [9.17, 15) is 4.79 Å². The maximum absolute atomic E-state index is 11.2. The van der Waals surface area contributed by atoms with Crippen LogP contribution in [0.25, 0.3) is 0 Å². The fraction of sp³-hybridized carbons (Fsp3) is 0.538. The molecule has 0 saturated carbocycles. The first-order valence-corrected chi connectivity index (χ1v) is 6.31. The van der Waals surface area contributed by atoms with Gasteiger partial charge in [-0.2, -0.15) is 0 Å². The van der Waals surface area contributed by atoms with Crippen molar-refractivity contribution in [2.75, 3.05) is 38.8 Å². The number of ether oxygens (including phenoxy) is 2. The van der Waals surface area contributed by atoms with Crippen molar-refractivity contribution in [1.82, 2.24) is 4.98 Å². The Labute approximate surface area is 113 Å². The molecule has 0 radical (unpaired) electrons. The van der Waals surface area contributed by atoms with Gasteiger partial charge in [-0.25, -0.2) is 4.98 Å². The van der Waals surface area contributed by atoms with Gasteiger partial charge in [-0.05, 0) is 25.0 Å². The third kappa shape index (κ3) is 6.17. The van der Waals surface area contributed by atoms with Crippen molar-refractivity contribution in [2.45, 2.75) is 12.8 Å². The van der Waals surface area contributed by atoms with Crippen LogP contribution in [-0.2, 0) is 9.47 Å². The molecule has 6 heteroatoms. The highest BCUT2D eigenvalue weighted by Crippen LogP contribution is 2.10. The van der Waals surface area contributed by atoms with Crippen molar-refractivity contribution < 1.29 is 14.3 Å². The predicted octanol–water partition coefficient (Wildman–Crippen LogP) is 1.04. The van der Waals surface area contributed by atoms with Gasteiger partial charge in [-0.3, -0.25) is 4.79 Å². The number of nitrogens with two attached hydrogens (primary N) is 1. The Kier molecular flexibility index (Phi) is 7.53. The summed E-state index contributed by atoms with van der Waals surface area (Å²) in [5.74, 6) is 0.0637. The van der Waals surface area contributed by atoms with Gasteiger partial charge < -0.3 is 20.5 Å². The van der Waals surface area contributed by atoms with Crippen molar-refractivity contribution in [3.05, 3.63) is 23.9 Å². The largest absolute Gasteiger partial charge is 0.382 e. The topological polar surface area (TPSA) is 86.5 Å². The zero-order valence-corrected chi connectivity index (χ0v) is 11.2. The standard InChI is InChI=1S/C13H21N3O3/c1-18-9-10-19-8-3-2-6-15-13-11(12(14)17)5-4-7-16-13/h4-5,7H,2-3,6,8-10H2,1H3,(H2,14,17)(H,15,16). The van der Waals surface area contributed by atoms with E-state index < -0.39 is 5.91 Å². The zero-order valence-electron chi connectivity index (χ0n) is 11.2. The summed E-state index contributed by atoms with van der Waals surface area (Å²) in [4.78, 5) is 15.3. The average Bonchev–Trinajstić information content (AvgIpc) is 2.42. The first kappa shape index (κ1) is 15.4. The van der Waals surface area contributed by atoms with Crippen LogP contribution in [0.15, 0.2) is 18.3 Å². The monoisotopic (exact) mass is 267 g/mol. The summed E-state index contributed by atoms with van der Waals surface area (Å²) < 4.78 is 10.2. The first-order chi connectivity index (χ1) is 9.25. The number of carbonyl (C=O) groups is 1. The quantitative estimate of drug-likeness (QED) is 0.618. The maximum Gasteiger partial charge on any atom is 0.252 e. The molecule has 19 heavy (non-hydrogen) atoms. The normalized spacial score (nSPS) is 10.4. The number of methoxy groups -OCH3 is 1. The second-order valence-corrected chi connectivity index (χ2v) is 4.00. The van der Waals surface area contributed by atoms with Crippen LogP contribution in [0.5, 0.6) is 0 Å². The van der Waals surface area contributed by atoms with E-state index in [0.717, 1.165) is 19.4 Å². The molecule has 106 valence electrons. The molecule has 0 fully saturated rings. The number of carbonyl (C=O) groups excluding carboxylic acids is 1. The number of rotatable bonds is 10. The minimum atomic E-state index is -0.474. The first-order valence-electron chi connectivity index (χ1n) is 6.31. The number of nitrogens with one attached hydrogen (secondary N) is 1. The van der Waals surface area contributed by atoms with Gasteiger partial charge in [0.2, 0.25) is 0 Å². The lowest BCUT2D eigenvalue weighted by molar-refractivity contribution is 0.0691. The molecule has 0 aliphatic rings. The van der Waals surface area contributed by atoms with Crippen molar-refractivity contribution in [1.29, 1.82) is 0 Å². The number of amides is 1. The van der Waals surface area contributed by atoms with Gasteiger partial charge in [-0.15, -0.1) is 0 Å². The van der Waals surface area contributed by atoms with Crippen LogP contribution in [0.2, 0.25) is 0 Å². The fourth-order valence-electron chi connectivity index (χ4n) is 1.53.